The van der Waals surface area contributed by atoms with E-state index in [1.54, 1.807) is 0 Å². The van der Waals surface area contributed by atoms with Crippen molar-refractivity contribution in [2.24, 2.45) is 0 Å². The Morgan fingerprint density at radius 2 is 1.00 bits per heavy atom. The normalized spacial score (nSPS) is 9.81. The third kappa shape index (κ3) is 28.6. The van der Waals surface area contributed by atoms with E-state index in [0.717, 1.165) is 0 Å². The standard InChI is InChI=1S/C17H37N.CNS/c1-3-4-5-6-7-8-9-10-11-12-13-14-15-16-17-18-2;2-1-3/h18H,3-17H2,1-2H3;/q;-1/p+1. The SMILES string of the molecule is CCCCCCCCCCCCCCCC[NH2+]C.[N-]=C=S. The first kappa shape index (κ1) is 23.0. The quantitative estimate of drug-likeness (QED) is 0.248. The van der Waals surface area contributed by atoms with Crippen molar-refractivity contribution < 1.29 is 5.32 Å². The van der Waals surface area contributed by atoms with Gasteiger partial charge in [-0.1, -0.05) is 96.2 Å². The molecule has 0 bridgehead atoms. The molecule has 0 aromatic heterocycles. The molecule has 0 aliphatic rings. The van der Waals surface area contributed by atoms with Crippen molar-refractivity contribution in [2.45, 2.75) is 96.8 Å². The number of hydrogen-bond donors (Lipinski definition) is 1. The highest BCUT2D eigenvalue weighted by molar-refractivity contribution is 7.78. The van der Waals surface area contributed by atoms with Gasteiger partial charge in [-0.05, 0) is 12.8 Å². The summed E-state index contributed by atoms with van der Waals surface area (Å²) in [6, 6.07) is 0. The van der Waals surface area contributed by atoms with Crippen molar-refractivity contribution >= 4 is 17.4 Å². The van der Waals surface area contributed by atoms with Crippen LogP contribution in [0, 0.1) is 0 Å². The molecular weight excluding hydrogens is 276 g/mol. The molecular formula is C18H38N2S. The number of thiocarbonyl (C=S) groups is 1. The summed E-state index contributed by atoms with van der Waals surface area (Å²) in [5.41, 5.74) is 0. The molecule has 0 aromatic carbocycles. The van der Waals surface area contributed by atoms with Gasteiger partial charge in [0.2, 0.25) is 0 Å². The van der Waals surface area contributed by atoms with E-state index < -0.39 is 0 Å². The van der Waals surface area contributed by atoms with Gasteiger partial charge in [0.1, 0.15) is 0 Å². The Bertz CT molecular complexity index is 185. The highest BCUT2D eigenvalue weighted by Crippen LogP contribution is 2.12. The molecule has 0 rings (SSSR count). The summed E-state index contributed by atoms with van der Waals surface area (Å²) in [4.78, 5) is 0. The summed E-state index contributed by atoms with van der Waals surface area (Å²) >= 11 is 3.70. The number of quaternary nitrogens is 1. The Hall–Kier alpha value is -0.240. The smallest absolute Gasteiger partial charge is 0.0753 e. The zero-order chi connectivity index (χ0) is 16.0. The summed E-state index contributed by atoms with van der Waals surface area (Å²) in [7, 11) is 2.17. The maximum atomic E-state index is 7.13. The van der Waals surface area contributed by atoms with E-state index in [4.69, 9.17) is 5.41 Å². The number of nitrogens with zero attached hydrogens (tertiary/aromatic N) is 1. The first-order chi connectivity index (χ1) is 10.3. The molecule has 0 aliphatic carbocycles. The van der Waals surface area contributed by atoms with Gasteiger partial charge in [0.15, 0.2) is 0 Å². The van der Waals surface area contributed by atoms with Crippen LogP contribution >= 0.6 is 12.2 Å². The predicted molar refractivity (Wildman–Crippen MR) is 99.0 cm³/mol. The van der Waals surface area contributed by atoms with Gasteiger partial charge in [-0.25, -0.2) is 0 Å². The minimum atomic E-state index is 1.32. The summed E-state index contributed by atoms with van der Waals surface area (Å²) in [5, 5.41) is 10.8. The van der Waals surface area contributed by atoms with Gasteiger partial charge in [-0.3, -0.25) is 0 Å². The van der Waals surface area contributed by atoms with Crippen LogP contribution in [0.15, 0.2) is 0 Å². The predicted octanol–water partition coefficient (Wildman–Crippen LogP) is 5.32. The van der Waals surface area contributed by atoms with Crippen molar-refractivity contribution in [1.82, 2.24) is 0 Å². The average Bonchev–Trinajstić information content (AvgIpc) is 2.48. The number of hydrogen-bond acceptors (Lipinski definition) is 1. The van der Waals surface area contributed by atoms with Crippen LogP contribution in [-0.4, -0.2) is 18.8 Å². The lowest BCUT2D eigenvalue weighted by Gasteiger charge is -2.02. The molecule has 0 radical (unpaired) electrons. The molecule has 0 amide bonds. The molecule has 0 heterocycles. The summed E-state index contributed by atoms with van der Waals surface area (Å²) in [5.74, 6) is 0. The van der Waals surface area contributed by atoms with E-state index in [9.17, 15) is 0 Å². The highest BCUT2D eigenvalue weighted by Gasteiger charge is 1.94. The second-order valence-corrected chi connectivity index (χ2v) is 6.07. The van der Waals surface area contributed by atoms with Crippen molar-refractivity contribution in [1.29, 1.82) is 0 Å². The van der Waals surface area contributed by atoms with Crippen molar-refractivity contribution in [3.8, 4) is 0 Å². The minimum Gasteiger partial charge on any atom is -0.753 e. The fourth-order valence-electron chi connectivity index (χ4n) is 2.54. The van der Waals surface area contributed by atoms with Crippen LogP contribution in [0.2, 0.25) is 0 Å². The topological polar surface area (TPSA) is 38.9 Å². The van der Waals surface area contributed by atoms with Crippen LogP contribution in [-0.2, 0) is 0 Å². The van der Waals surface area contributed by atoms with Crippen molar-refractivity contribution in [2.75, 3.05) is 13.6 Å². The van der Waals surface area contributed by atoms with Crippen LogP contribution in [0.1, 0.15) is 96.8 Å². The molecule has 0 saturated heterocycles. The fourth-order valence-corrected chi connectivity index (χ4v) is 2.54. The number of rotatable bonds is 15. The van der Waals surface area contributed by atoms with Gasteiger partial charge in [0.05, 0.1) is 13.6 Å². The lowest BCUT2D eigenvalue weighted by atomic mass is 10.0. The molecule has 0 unspecified atom stereocenters. The van der Waals surface area contributed by atoms with Gasteiger partial charge < -0.3 is 10.7 Å². The maximum Gasteiger partial charge on any atom is 0.0753 e. The fraction of sp³-hybridized carbons (Fsp3) is 0.944. The molecule has 0 atom stereocenters. The van der Waals surface area contributed by atoms with E-state index in [0.29, 0.717) is 0 Å². The molecule has 0 spiro atoms. The monoisotopic (exact) mass is 314 g/mol. The Morgan fingerprint density at radius 1 is 0.714 bits per heavy atom. The van der Waals surface area contributed by atoms with Crippen LogP contribution in [0.5, 0.6) is 0 Å². The summed E-state index contributed by atoms with van der Waals surface area (Å²) in [6.07, 6.45) is 20.4. The largest absolute Gasteiger partial charge is 0.753 e. The second-order valence-electron chi connectivity index (χ2n) is 5.88. The molecule has 3 heteroatoms. The number of nitrogens with two attached hydrogens (primary N) is 1. The Morgan fingerprint density at radius 3 is 1.29 bits per heavy atom. The minimum absolute atomic E-state index is 1.32. The van der Waals surface area contributed by atoms with Gasteiger partial charge >= 0.3 is 0 Å². The Balaban J connectivity index is 0. The molecule has 0 saturated carbocycles. The van der Waals surface area contributed by atoms with E-state index in [1.165, 1.54) is 102 Å². The molecule has 0 aromatic rings. The molecule has 2 nitrogen and oxygen atoms in total. The molecule has 2 N–H and O–H groups in total. The summed E-state index contributed by atoms with van der Waals surface area (Å²) < 4.78 is 0. The van der Waals surface area contributed by atoms with Crippen molar-refractivity contribution in [3.63, 3.8) is 0 Å². The van der Waals surface area contributed by atoms with Gasteiger partial charge in [-0.2, -0.15) is 5.16 Å². The lowest BCUT2D eigenvalue weighted by Crippen LogP contribution is -2.79. The number of unbranched alkanes of at least 4 members (excludes halogenated alkanes) is 13. The molecule has 126 valence electrons. The molecule has 0 fully saturated rings. The second kappa shape index (κ2) is 24.8. The van der Waals surface area contributed by atoms with Crippen molar-refractivity contribution in [3.05, 3.63) is 5.41 Å². The molecule has 21 heavy (non-hydrogen) atoms. The van der Waals surface area contributed by atoms with Gasteiger partial charge in [0.25, 0.3) is 0 Å². The van der Waals surface area contributed by atoms with Crippen LogP contribution in [0.25, 0.3) is 5.41 Å². The van der Waals surface area contributed by atoms with Crippen LogP contribution in [0.4, 0.5) is 0 Å². The lowest BCUT2D eigenvalue weighted by molar-refractivity contribution is -0.627. The van der Waals surface area contributed by atoms with Gasteiger partial charge in [-0.15, -0.1) is 0 Å². The van der Waals surface area contributed by atoms with E-state index in [-0.39, 0.29) is 0 Å². The van der Waals surface area contributed by atoms with E-state index in [2.05, 4.69) is 31.5 Å². The Labute approximate surface area is 139 Å². The van der Waals surface area contributed by atoms with E-state index in [1.807, 2.05) is 0 Å². The first-order valence-corrected chi connectivity index (χ1v) is 9.53. The molecule has 0 aliphatic heterocycles. The van der Waals surface area contributed by atoms with E-state index >= 15 is 0 Å². The maximum absolute atomic E-state index is 7.13. The third-order valence-electron chi connectivity index (χ3n) is 3.85. The zero-order valence-corrected chi connectivity index (χ0v) is 15.4. The highest BCUT2D eigenvalue weighted by atomic mass is 32.1. The average molecular weight is 315 g/mol. The first-order valence-electron chi connectivity index (χ1n) is 9.12. The van der Waals surface area contributed by atoms with Gasteiger partial charge in [0, 0.05) is 0 Å². The summed E-state index contributed by atoms with van der Waals surface area (Å²) in [6.45, 7) is 3.61. The number of isothiocyanates is 1. The van der Waals surface area contributed by atoms with Crippen LogP contribution in [0.3, 0.4) is 0 Å². The zero-order valence-electron chi connectivity index (χ0n) is 14.5. The van der Waals surface area contributed by atoms with Crippen LogP contribution < -0.4 is 5.32 Å². The Kier molecular flexibility index (Phi) is 27.2. The third-order valence-corrected chi connectivity index (χ3v) is 3.85.